The van der Waals surface area contributed by atoms with Gasteiger partial charge < -0.3 is 18.5 Å². The zero-order chi connectivity index (χ0) is 25.9. The molecule has 0 fully saturated rings. The molecule has 13 heteroatoms. The Bertz CT molecular complexity index is 1770. The van der Waals surface area contributed by atoms with Gasteiger partial charge in [0.05, 0.1) is 18.1 Å². The van der Waals surface area contributed by atoms with Crippen molar-refractivity contribution in [3.8, 4) is 23.0 Å². The number of aromatic nitrogens is 4. The molecule has 37 heavy (non-hydrogen) atoms. The predicted molar refractivity (Wildman–Crippen MR) is 130 cm³/mol. The Kier molecular flexibility index (Phi) is 6.39. The molecular formula is C24H17ClN4O8. The lowest BCUT2D eigenvalue weighted by Gasteiger charge is -2.11. The van der Waals surface area contributed by atoms with Crippen LogP contribution in [0.1, 0.15) is 11.1 Å². The maximum absolute atomic E-state index is 11.6. The standard InChI is InChI=1S/C24H17ClN4O8/c25-19-10-9-18(34-16-5-1-14(2-6-16)12-28-21(30)26-23(32)36-28)11-20(19)35-17-7-3-15(4-8-17)13-29-22(31)27-24(33)37-29/h1-11H,12-13H2,(H,26,30,32)(H,27,31,33). The smallest absolute Gasteiger partial charge is 0.440 e. The summed E-state index contributed by atoms with van der Waals surface area (Å²) in [6, 6.07) is 18.6. The van der Waals surface area contributed by atoms with Crippen LogP contribution in [-0.4, -0.2) is 19.4 Å². The van der Waals surface area contributed by atoms with Gasteiger partial charge in [-0.25, -0.2) is 29.1 Å². The number of halogens is 1. The number of nitrogens with one attached hydrogen (secondary N) is 2. The lowest BCUT2D eigenvalue weighted by Crippen LogP contribution is -2.17. The Hall–Kier alpha value is -4.97. The first kappa shape index (κ1) is 23.8. The molecule has 12 nitrogen and oxygen atoms in total. The minimum absolute atomic E-state index is 0.0805. The highest BCUT2D eigenvalue weighted by atomic mass is 35.5. The fourth-order valence-corrected chi connectivity index (χ4v) is 3.54. The monoisotopic (exact) mass is 524 g/mol. The van der Waals surface area contributed by atoms with E-state index in [4.69, 9.17) is 30.1 Å². The molecule has 2 aromatic heterocycles. The first-order valence-electron chi connectivity index (χ1n) is 10.8. The van der Waals surface area contributed by atoms with Crippen molar-refractivity contribution in [2.24, 2.45) is 0 Å². The van der Waals surface area contributed by atoms with Gasteiger partial charge in [0, 0.05) is 6.07 Å². The fraction of sp³-hybridized carbons (Fsp3) is 0.0833. The third-order valence-electron chi connectivity index (χ3n) is 5.12. The number of hydrogen-bond acceptors (Lipinski definition) is 8. The molecule has 2 N–H and O–H groups in total. The molecule has 0 amide bonds. The molecule has 188 valence electrons. The van der Waals surface area contributed by atoms with Crippen LogP contribution in [-0.2, 0) is 13.1 Å². The van der Waals surface area contributed by atoms with E-state index in [9.17, 15) is 19.2 Å². The molecule has 0 spiro atoms. The van der Waals surface area contributed by atoms with Crippen molar-refractivity contribution in [3.05, 3.63) is 125 Å². The molecular weight excluding hydrogens is 508 g/mol. The molecule has 0 atom stereocenters. The van der Waals surface area contributed by atoms with Crippen LogP contribution >= 0.6 is 11.6 Å². The van der Waals surface area contributed by atoms with Gasteiger partial charge in [-0.05, 0) is 47.5 Å². The molecule has 0 saturated carbocycles. The number of rotatable bonds is 8. The van der Waals surface area contributed by atoms with Gasteiger partial charge in [-0.2, -0.15) is 0 Å². The van der Waals surface area contributed by atoms with Gasteiger partial charge in [0.2, 0.25) is 0 Å². The van der Waals surface area contributed by atoms with E-state index < -0.39 is 22.9 Å². The van der Waals surface area contributed by atoms with Gasteiger partial charge in [-0.3, -0.25) is 0 Å². The topological polar surface area (TPSA) is 154 Å². The predicted octanol–water partition coefficient (Wildman–Crippen LogP) is 2.91. The Morgan fingerprint density at radius 3 is 1.57 bits per heavy atom. The number of benzene rings is 3. The van der Waals surface area contributed by atoms with Crippen molar-refractivity contribution in [3.63, 3.8) is 0 Å². The van der Waals surface area contributed by atoms with Crippen LogP contribution in [0.25, 0.3) is 0 Å². The SMILES string of the molecule is O=c1[nH]c(=O)n(Cc2ccc(Oc3ccc(Cl)c(Oc4ccc(Cn5oc(=O)[nH]c5=O)cc4)c3)cc2)o1. The Balaban J connectivity index is 1.25. The number of ether oxygens (including phenoxy) is 2. The summed E-state index contributed by atoms with van der Waals surface area (Å²) >= 11 is 6.29. The highest BCUT2D eigenvalue weighted by Gasteiger charge is 2.09. The zero-order valence-electron chi connectivity index (χ0n) is 18.8. The quantitative estimate of drug-likeness (QED) is 0.314. The number of nitrogens with zero attached hydrogens (tertiary/aromatic N) is 2. The van der Waals surface area contributed by atoms with E-state index >= 15 is 0 Å². The molecule has 5 aromatic rings. The van der Waals surface area contributed by atoms with E-state index in [2.05, 4.69) is 0 Å². The second-order valence-electron chi connectivity index (χ2n) is 7.78. The largest absolute Gasteiger partial charge is 0.457 e. The average molecular weight is 525 g/mol. The summed E-state index contributed by atoms with van der Waals surface area (Å²) in [4.78, 5) is 49.5. The van der Waals surface area contributed by atoms with Crippen molar-refractivity contribution in [1.29, 1.82) is 0 Å². The van der Waals surface area contributed by atoms with E-state index in [1.54, 1.807) is 66.7 Å². The van der Waals surface area contributed by atoms with Gasteiger partial charge in [-0.1, -0.05) is 35.9 Å². The summed E-state index contributed by atoms with van der Waals surface area (Å²) in [6.07, 6.45) is 0. The van der Waals surface area contributed by atoms with Crippen molar-refractivity contribution in [1.82, 2.24) is 19.4 Å². The number of hydrogen-bond donors (Lipinski definition) is 2. The fourth-order valence-electron chi connectivity index (χ4n) is 3.38. The van der Waals surface area contributed by atoms with E-state index in [1.165, 1.54) is 0 Å². The highest BCUT2D eigenvalue weighted by Crippen LogP contribution is 2.34. The second-order valence-corrected chi connectivity index (χ2v) is 8.18. The lowest BCUT2D eigenvalue weighted by molar-refractivity contribution is 0.258. The average Bonchev–Trinajstić information content (AvgIpc) is 3.36. The van der Waals surface area contributed by atoms with Crippen molar-refractivity contribution in [2.75, 3.05) is 0 Å². The first-order valence-corrected chi connectivity index (χ1v) is 11.1. The van der Waals surface area contributed by atoms with Crippen molar-refractivity contribution >= 4 is 11.6 Å². The summed E-state index contributed by atoms with van der Waals surface area (Å²) in [7, 11) is 0. The van der Waals surface area contributed by atoms with E-state index in [0.29, 0.717) is 33.6 Å². The van der Waals surface area contributed by atoms with E-state index in [0.717, 1.165) is 15.0 Å². The van der Waals surface area contributed by atoms with Gasteiger partial charge in [0.25, 0.3) is 0 Å². The summed E-state index contributed by atoms with van der Waals surface area (Å²) in [5.41, 5.74) is 0.183. The van der Waals surface area contributed by atoms with Crippen LogP contribution in [0.2, 0.25) is 5.02 Å². The maximum Gasteiger partial charge on any atom is 0.440 e. The maximum atomic E-state index is 11.6. The van der Waals surface area contributed by atoms with Gasteiger partial charge in [-0.15, -0.1) is 9.48 Å². The second kappa shape index (κ2) is 9.95. The zero-order valence-corrected chi connectivity index (χ0v) is 19.6. The van der Waals surface area contributed by atoms with Crippen molar-refractivity contribution < 1.29 is 18.5 Å². The summed E-state index contributed by atoms with van der Waals surface area (Å²) < 4.78 is 23.1. The van der Waals surface area contributed by atoms with Crippen LogP contribution in [0.3, 0.4) is 0 Å². The Morgan fingerprint density at radius 2 is 1.11 bits per heavy atom. The first-order chi connectivity index (χ1) is 17.8. The Morgan fingerprint density at radius 1 is 0.649 bits per heavy atom. The van der Waals surface area contributed by atoms with E-state index in [1.807, 2.05) is 9.97 Å². The minimum Gasteiger partial charge on any atom is -0.457 e. The summed E-state index contributed by atoms with van der Waals surface area (Å²) in [6.45, 7) is 0.170. The lowest BCUT2D eigenvalue weighted by atomic mass is 10.2. The molecule has 0 bridgehead atoms. The third kappa shape index (κ3) is 5.65. The molecule has 0 aliphatic heterocycles. The summed E-state index contributed by atoms with van der Waals surface area (Å²) in [5.74, 6) is 0.209. The molecule has 5 rings (SSSR count). The van der Waals surface area contributed by atoms with Crippen LogP contribution in [0, 0.1) is 0 Å². The molecule has 3 aromatic carbocycles. The highest BCUT2D eigenvalue weighted by molar-refractivity contribution is 6.32. The van der Waals surface area contributed by atoms with Gasteiger partial charge >= 0.3 is 22.9 Å². The van der Waals surface area contributed by atoms with Crippen LogP contribution in [0.15, 0.2) is 95.0 Å². The number of H-pyrrole nitrogens is 2. The molecule has 0 unspecified atom stereocenters. The molecule has 0 aliphatic carbocycles. The van der Waals surface area contributed by atoms with Crippen LogP contribution < -0.4 is 32.4 Å². The molecule has 0 aliphatic rings. The summed E-state index contributed by atoms with van der Waals surface area (Å²) in [5, 5.41) is 0.367. The molecule has 2 heterocycles. The molecule has 0 saturated heterocycles. The molecule has 0 radical (unpaired) electrons. The van der Waals surface area contributed by atoms with E-state index in [-0.39, 0.29) is 13.1 Å². The third-order valence-corrected chi connectivity index (χ3v) is 5.43. The number of aromatic amines is 2. The normalized spacial score (nSPS) is 10.9. The van der Waals surface area contributed by atoms with Gasteiger partial charge in [0.1, 0.15) is 23.0 Å². The minimum atomic E-state index is -0.818. The van der Waals surface area contributed by atoms with Crippen molar-refractivity contribution in [2.45, 2.75) is 13.1 Å². The van der Waals surface area contributed by atoms with Crippen LogP contribution in [0.4, 0.5) is 0 Å². The van der Waals surface area contributed by atoms with Crippen LogP contribution in [0.5, 0.6) is 23.0 Å². The van der Waals surface area contributed by atoms with Gasteiger partial charge in [0.15, 0.2) is 0 Å². The Labute approximate surface area is 210 Å².